The van der Waals surface area contributed by atoms with Gasteiger partial charge in [0.1, 0.15) is 0 Å². The minimum absolute atomic E-state index is 0.0633. The van der Waals surface area contributed by atoms with Crippen molar-refractivity contribution >= 4 is 5.78 Å². The van der Waals surface area contributed by atoms with Crippen LogP contribution in [0.2, 0.25) is 0 Å². The van der Waals surface area contributed by atoms with Crippen molar-refractivity contribution in [3.05, 3.63) is 35.9 Å². The van der Waals surface area contributed by atoms with Crippen LogP contribution in [-0.2, 0) is 4.79 Å². The average Bonchev–Trinajstić information content (AvgIpc) is 2.14. The Bertz CT molecular complexity index is 324. The lowest BCUT2D eigenvalue weighted by atomic mass is 9.99. The first kappa shape index (κ1) is 11.9. The SMILES string of the molecule is CC(=O)[C@@H](NC(C)(C)C)c1ccccc1. The van der Waals surface area contributed by atoms with Crippen molar-refractivity contribution in [3.63, 3.8) is 0 Å². The third-order valence-electron chi connectivity index (χ3n) is 2.12. The molecule has 1 rings (SSSR count). The zero-order valence-electron chi connectivity index (χ0n) is 9.87. The molecule has 0 radical (unpaired) electrons. The Morgan fingerprint density at radius 1 is 1.20 bits per heavy atom. The number of hydrogen-bond acceptors (Lipinski definition) is 2. The molecule has 1 N–H and O–H groups in total. The van der Waals surface area contributed by atoms with Gasteiger partial charge in [0.2, 0.25) is 0 Å². The van der Waals surface area contributed by atoms with E-state index in [0.717, 1.165) is 5.56 Å². The summed E-state index contributed by atoms with van der Waals surface area (Å²) in [6.45, 7) is 7.81. The van der Waals surface area contributed by atoms with Crippen molar-refractivity contribution in [1.29, 1.82) is 0 Å². The van der Waals surface area contributed by atoms with Crippen molar-refractivity contribution in [3.8, 4) is 0 Å². The maximum absolute atomic E-state index is 11.6. The number of carbonyl (C=O) groups excluding carboxylic acids is 1. The third-order valence-corrected chi connectivity index (χ3v) is 2.12. The van der Waals surface area contributed by atoms with Gasteiger partial charge in [-0.15, -0.1) is 0 Å². The summed E-state index contributed by atoms with van der Waals surface area (Å²) >= 11 is 0. The molecule has 0 saturated heterocycles. The predicted octanol–water partition coefficient (Wildman–Crippen LogP) is 2.70. The number of Topliss-reactive ketones (excluding diaryl/α,β-unsaturated/α-hetero) is 1. The molecule has 0 bridgehead atoms. The maximum Gasteiger partial charge on any atom is 0.151 e. The first-order chi connectivity index (χ1) is 6.90. The summed E-state index contributed by atoms with van der Waals surface area (Å²) in [7, 11) is 0. The second kappa shape index (κ2) is 4.58. The number of rotatable bonds is 3. The average molecular weight is 205 g/mol. The fourth-order valence-electron chi connectivity index (χ4n) is 1.50. The Morgan fingerprint density at radius 3 is 2.13 bits per heavy atom. The standard InChI is InChI=1S/C13H19NO/c1-10(15)12(14-13(2,3)4)11-8-6-5-7-9-11/h5-9,12,14H,1-4H3/t12-/m1/s1. The number of ketones is 1. The zero-order valence-corrected chi connectivity index (χ0v) is 9.87. The molecule has 15 heavy (non-hydrogen) atoms. The Kier molecular flexibility index (Phi) is 3.64. The summed E-state index contributed by atoms with van der Waals surface area (Å²) in [4.78, 5) is 11.6. The minimum Gasteiger partial charge on any atom is -0.299 e. The Balaban J connectivity index is 2.90. The highest BCUT2D eigenvalue weighted by atomic mass is 16.1. The molecular weight excluding hydrogens is 186 g/mol. The van der Waals surface area contributed by atoms with Gasteiger partial charge >= 0.3 is 0 Å². The summed E-state index contributed by atoms with van der Waals surface area (Å²) in [6.07, 6.45) is 0. The van der Waals surface area contributed by atoms with Crippen molar-refractivity contribution < 1.29 is 4.79 Å². The lowest BCUT2D eigenvalue weighted by Gasteiger charge is -2.27. The van der Waals surface area contributed by atoms with Gasteiger partial charge in [0.25, 0.3) is 0 Å². The van der Waals surface area contributed by atoms with E-state index in [1.165, 1.54) is 0 Å². The summed E-state index contributed by atoms with van der Waals surface area (Å²) in [5.74, 6) is 0.149. The van der Waals surface area contributed by atoms with Crippen LogP contribution in [0.25, 0.3) is 0 Å². The molecule has 0 amide bonds. The molecular formula is C13H19NO. The molecule has 1 atom stereocenters. The molecule has 82 valence electrons. The quantitative estimate of drug-likeness (QED) is 0.822. The molecule has 0 aliphatic carbocycles. The Labute approximate surface area is 91.7 Å². The predicted molar refractivity (Wildman–Crippen MR) is 62.8 cm³/mol. The van der Waals surface area contributed by atoms with Crippen molar-refractivity contribution in [1.82, 2.24) is 5.32 Å². The van der Waals surface area contributed by atoms with E-state index in [1.807, 2.05) is 30.3 Å². The van der Waals surface area contributed by atoms with E-state index in [2.05, 4.69) is 26.1 Å². The monoisotopic (exact) mass is 205 g/mol. The van der Waals surface area contributed by atoms with Gasteiger partial charge < -0.3 is 0 Å². The van der Waals surface area contributed by atoms with Crippen LogP contribution in [0.15, 0.2) is 30.3 Å². The molecule has 0 aromatic heterocycles. The molecule has 1 aromatic carbocycles. The summed E-state index contributed by atoms with van der Waals surface area (Å²) in [5.41, 5.74) is 0.964. The number of benzene rings is 1. The van der Waals surface area contributed by atoms with Gasteiger partial charge in [-0.2, -0.15) is 0 Å². The third kappa shape index (κ3) is 3.84. The molecule has 0 heterocycles. The second-order valence-corrected chi connectivity index (χ2v) is 4.85. The van der Waals surface area contributed by atoms with Gasteiger partial charge in [0.05, 0.1) is 6.04 Å². The second-order valence-electron chi connectivity index (χ2n) is 4.85. The summed E-state index contributed by atoms with van der Waals surface area (Å²) in [5, 5.41) is 3.32. The molecule has 1 aromatic rings. The normalized spacial score (nSPS) is 13.6. The Hall–Kier alpha value is -1.15. The van der Waals surface area contributed by atoms with Gasteiger partial charge in [-0.05, 0) is 33.3 Å². The topological polar surface area (TPSA) is 29.1 Å². The van der Waals surface area contributed by atoms with E-state index in [9.17, 15) is 4.79 Å². The first-order valence-electron chi connectivity index (χ1n) is 5.23. The number of carbonyl (C=O) groups is 1. The highest BCUT2D eigenvalue weighted by Crippen LogP contribution is 2.17. The smallest absolute Gasteiger partial charge is 0.151 e. The highest BCUT2D eigenvalue weighted by molar-refractivity contribution is 5.83. The van der Waals surface area contributed by atoms with Crippen LogP contribution in [0.1, 0.15) is 39.3 Å². The van der Waals surface area contributed by atoms with Gasteiger partial charge in [-0.1, -0.05) is 30.3 Å². The Morgan fingerprint density at radius 2 is 1.73 bits per heavy atom. The fourth-order valence-corrected chi connectivity index (χ4v) is 1.50. The van der Waals surface area contributed by atoms with E-state index in [1.54, 1.807) is 6.92 Å². The van der Waals surface area contributed by atoms with Crippen molar-refractivity contribution in [2.75, 3.05) is 0 Å². The molecule has 0 fully saturated rings. The van der Waals surface area contributed by atoms with Crippen LogP contribution in [0.5, 0.6) is 0 Å². The lowest BCUT2D eigenvalue weighted by Crippen LogP contribution is -2.41. The molecule has 0 aliphatic heterocycles. The van der Waals surface area contributed by atoms with Gasteiger partial charge in [-0.3, -0.25) is 10.1 Å². The fraction of sp³-hybridized carbons (Fsp3) is 0.462. The minimum atomic E-state index is -0.203. The maximum atomic E-state index is 11.6. The number of nitrogens with one attached hydrogen (secondary N) is 1. The van der Waals surface area contributed by atoms with E-state index < -0.39 is 0 Å². The van der Waals surface area contributed by atoms with E-state index >= 15 is 0 Å². The van der Waals surface area contributed by atoms with Crippen LogP contribution in [0, 0.1) is 0 Å². The van der Waals surface area contributed by atoms with Crippen LogP contribution < -0.4 is 5.32 Å². The van der Waals surface area contributed by atoms with E-state index in [-0.39, 0.29) is 17.4 Å². The molecule has 2 heteroatoms. The largest absolute Gasteiger partial charge is 0.299 e. The van der Waals surface area contributed by atoms with Crippen LogP contribution >= 0.6 is 0 Å². The summed E-state index contributed by atoms with van der Waals surface area (Å²) in [6, 6.07) is 9.62. The first-order valence-corrected chi connectivity index (χ1v) is 5.23. The molecule has 2 nitrogen and oxygen atoms in total. The van der Waals surface area contributed by atoms with Gasteiger partial charge in [0, 0.05) is 5.54 Å². The molecule has 0 unspecified atom stereocenters. The van der Waals surface area contributed by atoms with Crippen molar-refractivity contribution in [2.24, 2.45) is 0 Å². The van der Waals surface area contributed by atoms with Gasteiger partial charge in [-0.25, -0.2) is 0 Å². The summed E-state index contributed by atoms with van der Waals surface area (Å²) < 4.78 is 0. The molecule has 0 spiro atoms. The van der Waals surface area contributed by atoms with E-state index in [0.29, 0.717) is 0 Å². The van der Waals surface area contributed by atoms with Gasteiger partial charge in [0.15, 0.2) is 5.78 Å². The van der Waals surface area contributed by atoms with Crippen LogP contribution in [0.3, 0.4) is 0 Å². The molecule has 0 saturated carbocycles. The lowest BCUT2D eigenvalue weighted by molar-refractivity contribution is -0.119. The van der Waals surface area contributed by atoms with Crippen LogP contribution in [-0.4, -0.2) is 11.3 Å². The van der Waals surface area contributed by atoms with Crippen LogP contribution in [0.4, 0.5) is 0 Å². The van der Waals surface area contributed by atoms with E-state index in [4.69, 9.17) is 0 Å². The molecule has 0 aliphatic rings. The number of hydrogen-bond donors (Lipinski definition) is 1. The highest BCUT2D eigenvalue weighted by Gasteiger charge is 2.21. The zero-order chi connectivity index (χ0) is 11.5. The van der Waals surface area contributed by atoms with Crippen molar-refractivity contribution in [2.45, 2.75) is 39.3 Å².